The first-order valence-electron chi connectivity index (χ1n) is 6.35. The van der Waals surface area contributed by atoms with Gasteiger partial charge in [0.25, 0.3) is 0 Å². The summed E-state index contributed by atoms with van der Waals surface area (Å²) >= 11 is 0. The number of halogens is 1. The molecule has 17 heavy (non-hydrogen) atoms. The first-order chi connectivity index (χ1) is 8.16. The molecule has 0 aromatic heterocycles. The van der Waals surface area contributed by atoms with Crippen LogP contribution < -0.4 is 0 Å². The lowest BCUT2D eigenvalue weighted by Crippen LogP contribution is -2.57. The predicted octanol–water partition coefficient (Wildman–Crippen LogP) is 2.47. The van der Waals surface area contributed by atoms with Gasteiger partial charge >= 0.3 is 0 Å². The third-order valence-corrected chi connectivity index (χ3v) is 3.44. The molecule has 1 aliphatic rings. The monoisotopic (exact) mass is 236 g/mol. The number of hydrogen-bond acceptors (Lipinski definition) is 2. The van der Waals surface area contributed by atoms with E-state index in [0.29, 0.717) is 6.54 Å². The number of piperazine rings is 1. The molecular formula is C14H21FN2. The van der Waals surface area contributed by atoms with Crippen LogP contribution in [-0.2, 0) is 5.79 Å². The lowest BCUT2D eigenvalue weighted by molar-refractivity contribution is -0.0937. The molecule has 1 aliphatic heterocycles. The zero-order valence-electron chi connectivity index (χ0n) is 10.7. The lowest BCUT2D eigenvalue weighted by atomic mass is 9.99. The third kappa shape index (κ3) is 2.50. The van der Waals surface area contributed by atoms with E-state index < -0.39 is 5.79 Å². The average Bonchev–Trinajstić information content (AvgIpc) is 2.34. The highest BCUT2D eigenvalue weighted by molar-refractivity contribution is 5.23. The van der Waals surface area contributed by atoms with Crippen LogP contribution in [0.1, 0.15) is 18.9 Å². The standard InChI is InChI=1S/C14H21FN2/c1-3-9-17-11-10-16(2)12-14(17,15)13-7-5-4-6-8-13/h4-8H,3,9-12H2,1-2H3. The number of benzene rings is 1. The molecule has 1 atom stereocenters. The molecule has 1 aromatic carbocycles. The van der Waals surface area contributed by atoms with E-state index in [2.05, 4.69) is 11.8 Å². The van der Waals surface area contributed by atoms with Crippen LogP contribution in [-0.4, -0.2) is 43.0 Å². The highest BCUT2D eigenvalue weighted by Crippen LogP contribution is 2.33. The Balaban J connectivity index is 2.29. The van der Waals surface area contributed by atoms with E-state index in [1.165, 1.54) is 0 Å². The smallest absolute Gasteiger partial charge is 0.202 e. The summed E-state index contributed by atoms with van der Waals surface area (Å²) in [5.74, 6) is -1.33. The zero-order valence-corrected chi connectivity index (χ0v) is 10.7. The molecule has 0 aliphatic carbocycles. The van der Waals surface area contributed by atoms with Crippen LogP contribution in [0.3, 0.4) is 0 Å². The Morgan fingerprint density at radius 1 is 1.24 bits per heavy atom. The van der Waals surface area contributed by atoms with E-state index in [0.717, 1.165) is 31.6 Å². The Morgan fingerprint density at radius 3 is 2.59 bits per heavy atom. The van der Waals surface area contributed by atoms with Gasteiger partial charge in [0.05, 0.1) is 6.54 Å². The Bertz CT molecular complexity index is 354. The molecule has 1 aromatic rings. The second-order valence-electron chi connectivity index (χ2n) is 4.85. The van der Waals surface area contributed by atoms with Gasteiger partial charge in [-0.05, 0) is 13.5 Å². The minimum Gasteiger partial charge on any atom is -0.300 e. The number of likely N-dealkylation sites (N-methyl/N-ethyl adjacent to an activating group) is 1. The fourth-order valence-electron chi connectivity index (χ4n) is 2.53. The summed E-state index contributed by atoms with van der Waals surface area (Å²) in [6.45, 7) is 5.12. The van der Waals surface area contributed by atoms with Gasteiger partial charge in [-0.1, -0.05) is 37.3 Å². The summed E-state index contributed by atoms with van der Waals surface area (Å²) < 4.78 is 15.3. The molecule has 0 N–H and O–H groups in total. The maximum Gasteiger partial charge on any atom is 0.202 e. The zero-order chi connectivity index (χ0) is 12.3. The van der Waals surface area contributed by atoms with Gasteiger partial charge in [0.1, 0.15) is 0 Å². The van der Waals surface area contributed by atoms with Crippen molar-refractivity contribution in [1.29, 1.82) is 0 Å². The first kappa shape index (κ1) is 12.5. The summed E-state index contributed by atoms with van der Waals surface area (Å²) in [6.07, 6.45) is 0.988. The van der Waals surface area contributed by atoms with Crippen LogP contribution in [0.25, 0.3) is 0 Å². The molecule has 1 saturated heterocycles. The Kier molecular flexibility index (Phi) is 3.79. The van der Waals surface area contributed by atoms with Crippen molar-refractivity contribution in [3.63, 3.8) is 0 Å². The molecule has 2 rings (SSSR count). The Hall–Kier alpha value is -0.930. The second-order valence-corrected chi connectivity index (χ2v) is 4.85. The van der Waals surface area contributed by atoms with Crippen LogP contribution in [0.5, 0.6) is 0 Å². The summed E-state index contributed by atoms with van der Waals surface area (Å²) in [6, 6.07) is 9.54. The average molecular weight is 236 g/mol. The predicted molar refractivity (Wildman–Crippen MR) is 68.6 cm³/mol. The first-order valence-corrected chi connectivity index (χ1v) is 6.35. The highest BCUT2D eigenvalue weighted by Gasteiger charge is 2.42. The van der Waals surface area contributed by atoms with Crippen molar-refractivity contribution >= 4 is 0 Å². The molecule has 2 nitrogen and oxygen atoms in total. The van der Waals surface area contributed by atoms with Crippen LogP contribution >= 0.6 is 0 Å². The van der Waals surface area contributed by atoms with Gasteiger partial charge in [0.15, 0.2) is 0 Å². The molecule has 1 fully saturated rings. The summed E-state index contributed by atoms with van der Waals surface area (Å²) in [4.78, 5) is 4.04. The molecule has 0 saturated carbocycles. The largest absolute Gasteiger partial charge is 0.300 e. The van der Waals surface area contributed by atoms with E-state index in [1.54, 1.807) is 0 Å². The van der Waals surface area contributed by atoms with Crippen LogP contribution in [0.2, 0.25) is 0 Å². The van der Waals surface area contributed by atoms with Crippen LogP contribution in [0, 0.1) is 0 Å². The molecule has 0 spiro atoms. The van der Waals surface area contributed by atoms with Crippen molar-refractivity contribution in [2.75, 3.05) is 33.2 Å². The van der Waals surface area contributed by atoms with E-state index in [4.69, 9.17) is 0 Å². The Labute approximate surface area is 103 Å². The van der Waals surface area contributed by atoms with E-state index in [1.807, 2.05) is 42.3 Å². The fraction of sp³-hybridized carbons (Fsp3) is 0.571. The topological polar surface area (TPSA) is 6.48 Å². The number of nitrogens with zero attached hydrogens (tertiary/aromatic N) is 2. The lowest BCUT2D eigenvalue weighted by Gasteiger charge is -2.45. The molecule has 3 heteroatoms. The van der Waals surface area contributed by atoms with E-state index in [9.17, 15) is 0 Å². The van der Waals surface area contributed by atoms with Gasteiger partial charge in [-0.15, -0.1) is 0 Å². The molecular weight excluding hydrogens is 215 g/mol. The van der Waals surface area contributed by atoms with E-state index >= 15 is 4.39 Å². The maximum absolute atomic E-state index is 15.3. The molecule has 0 radical (unpaired) electrons. The van der Waals surface area contributed by atoms with Crippen LogP contribution in [0.15, 0.2) is 30.3 Å². The molecule has 1 heterocycles. The van der Waals surface area contributed by atoms with Crippen molar-refractivity contribution in [2.24, 2.45) is 0 Å². The molecule has 0 amide bonds. The van der Waals surface area contributed by atoms with Crippen molar-refractivity contribution in [2.45, 2.75) is 19.1 Å². The fourth-order valence-corrected chi connectivity index (χ4v) is 2.53. The number of rotatable bonds is 3. The van der Waals surface area contributed by atoms with Gasteiger partial charge in [-0.2, -0.15) is 0 Å². The second kappa shape index (κ2) is 5.15. The Morgan fingerprint density at radius 2 is 1.94 bits per heavy atom. The third-order valence-electron chi connectivity index (χ3n) is 3.44. The molecule has 0 bridgehead atoms. The molecule has 94 valence electrons. The highest BCUT2D eigenvalue weighted by atomic mass is 19.1. The normalized spacial score (nSPS) is 27.2. The molecule has 1 unspecified atom stereocenters. The number of hydrogen-bond donors (Lipinski definition) is 0. The summed E-state index contributed by atoms with van der Waals surface area (Å²) in [7, 11) is 1.99. The minimum absolute atomic E-state index is 0.455. The van der Waals surface area contributed by atoms with Crippen LogP contribution in [0.4, 0.5) is 4.39 Å². The summed E-state index contributed by atoms with van der Waals surface area (Å²) in [5, 5.41) is 0. The van der Waals surface area contributed by atoms with Crippen molar-refractivity contribution in [1.82, 2.24) is 9.80 Å². The van der Waals surface area contributed by atoms with Crippen molar-refractivity contribution < 1.29 is 4.39 Å². The van der Waals surface area contributed by atoms with Gasteiger partial charge in [-0.3, -0.25) is 4.90 Å². The van der Waals surface area contributed by atoms with Crippen molar-refractivity contribution in [3.8, 4) is 0 Å². The van der Waals surface area contributed by atoms with Gasteiger partial charge in [0, 0.05) is 25.2 Å². The maximum atomic E-state index is 15.3. The SMILES string of the molecule is CCCN1CCN(C)CC1(F)c1ccccc1. The summed E-state index contributed by atoms with van der Waals surface area (Å²) in [5.41, 5.74) is 0.778. The minimum atomic E-state index is -1.33. The number of alkyl halides is 1. The van der Waals surface area contributed by atoms with E-state index in [-0.39, 0.29) is 0 Å². The van der Waals surface area contributed by atoms with Gasteiger partial charge in [0.2, 0.25) is 5.79 Å². The quantitative estimate of drug-likeness (QED) is 0.744. The van der Waals surface area contributed by atoms with Gasteiger partial charge in [-0.25, -0.2) is 4.39 Å². The van der Waals surface area contributed by atoms with Gasteiger partial charge < -0.3 is 4.90 Å². The van der Waals surface area contributed by atoms with Crippen molar-refractivity contribution in [3.05, 3.63) is 35.9 Å².